The van der Waals surface area contributed by atoms with Gasteiger partial charge in [-0.2, -0.15) is 0 Å². The standard InChI is InChI=1S/C15H31NO2/c1-4-17-15(18-5-2)12-16-13(3)14-10-8-6-7-9-11-14/h13-16H,4-12H2,1-3H3/t13-/m1/s1. The Kier molecular flexibility index (Phi) is 8.64. The summed E-state index contributed by atoms with van der Waals surface area (Å²) >= 11 is 0. The first kappa shape index (κ1) is 15.9. The van der Waals surface area contributed by atoms with E-state index in [1.165, 1.54) is 38.5 Å². The Hall–Kier alpha value is -0.120. The molecule has 0 heterocycles. The molecule has 0 bridgehead atoms. The average Bonchev–Trinajstić information content (AvgIpc) is 2.65. The van der Waals surface area contributed by atoms with Crippen molar-refractivity contribution in [1.82, 2.24) is 5.32 Å². The average molecular weight is 257 g/mol. The van der Waals surface area contributed by atoms with Gasteiger partial charge in [-0.1, -0.05) is 25.7 Å². The molecule has 1 fully saturated rings. The quantitative estimate of drug-likeness (QED) is 0.534. The van der Waals surface area contributed by atoms with Gasteiger partial charge in [0.2, 0.25) is 0 Å². The van der Waals surface area contributed by atoms with E-state index in [1.54, 1.807) is 0 Å². The van der Waals surface area contributed by atoms with Crippen LogP contribution >= 0.6 is 0 Å². The van der Waals surface area contributed by atoms with Gasteiger partial charge in [0.15, 0.2) is 6.29 Å². The molecule has 18 heavy (non-hydrogen) atoms. The van der Waals surface area contributed by atoms with Crippen molar-refractivity contribution < 1.29 is 9.47 Å². The number of rotatable bonds is 8. The minimum Gasteiger partial charge on any atom is -0.352 e. The van der Waals surface area contributed by atoms with Gasteiger partial charge in [-0.05, 0) is 39.5 Å². The lowest BCUT2D eigenvalue weighted by Crippen LogP contribution is -2.40. The van der Waals surface area contributed by atoms with E-state index in [-0.39, 0.29) is 6.29 Å². The maximum absolute atomic E-state index is 5.56. The third kappa shape index (κ3) is 6.17. The maximum atomic E-state index is 5.56. The van der Waals surface area contributed by atoms with Gasteiger partial charge in [0.05, 0.1) is 0 Å². The summed E-state index contributed by atoms with van der Waals surface area (Å²) in [6, 6.07) is 0.575. The van der Waals surface area contributed by atoms with Gasteiger partial charge < -0.3 is 14.8 Å². The summed E-state index contributed by atoms with van der Waals surface area (Å²) in [5.74, 6) is 0.830. The van der Waals surface area contributed by atoms with Crippen LogP contribution in [0.4, 0.5) is 0 Å². The van der Waals surface area contributed by atoms with E-state index in [0.717, 1.165) is 12.5 Å². The fourth-order valence-corrected chi connectivity index (χ4v) is 2.80. The summed E-state index contributed by atoms with van der Waals surface area (Å²) in [6.45, 7) is 8.57. The molecule has 3 nitrogen and oxygen atoms in total. The Labute approximate surface area is 113 Å². The van der Waals surface area contributed by atoms with Crippen molar-refractivity contribution in [1.29, 1.82) is 0 Å². The van der Waals surface area contributed by atoms with Crippen molar-refractivity contribution in [3.8, 4) is 0 Å². The smallest absolute Gasteiger partial charge is 0.169 e. The maximum Gasteiger partial charge on any atom is 0.169 e. The zero-order chi connectivity index (χ0) is 13.2. The van der Waals surface area contributed by atoms with Crippen molar-refractivity contribution in [2.75, 3.05) is 19.8 Å². The molecule has 1 atom stereocenters. The number of nitrogens with one attached hydrogen (secondary N) is 1. The van der Waals surface area contributed by atoms with Crippen LogP contribution in [0.2, 0.25) is 0 Å². The Bertz CT molecular complexity index is 185. The second-order valence-electron chi connectivity index (χ2n) is 5.29. The number of hydrogen-bond donors (Lipinski definition) is 1. The van der Waals surface area contributed by atoms with Crippen molar-refractivity contribution in [2.45, 2.75) is 71.6 Å². The first-order valence-corrected chi connectivity index (χ1v) is 7.74. The molecule has 1 aliphatic rings. The molecule has 1 saturated carbocycles. The van der Waals surface area contributed by atoms with E-state index in [9.17, 15) is 0 Å². The molecule has 0 amide bonds. The van der Waals surface area contributed by atoms with Crippen LogP contribution in [0.5, 0.6) is 0 Å². The predicted octanol–water partition coefficient (Wildman–Crippen LogP) is 3.33. The molecule has 0 aliphatic heterocycles. The Morgan fingerprint density at radius 2 is 1.56 bits per heavy atom. The summed E-state index contributed by atoms with van der Waals surface area (Å²) in [6.07, 6.45) is 8.30. The summed E-state index contributed by atoms with van der Waals surface area (Å²) in [5.41, 5.74) is 0. The monoisotopic (exact) mass is 257 g/mol. The molecule has 1 rings (SSSR count). The van der Waals surface area contributed by atoms with Gasteiger partial charge in [0, 0.05) is 25.8 Å². The fourth-order valence-electron chi connectivity index (χ4n) is 2.80. The fraction of sp³-hybridized carbons (Fsp3) is 1.00. The van der Waals surface area contributed by atoms with E-state index in [1.807, 2.05) is 13.8 Å². The van der Waals surface area contributed by atoms with Crippen LogP contribution < -0.4 is 5.32 Å². The van der Waals surface area contributed by atoms with Gasteiger partial charge in [-0.3, -0.25) is 0 Å². The lowest BCUT2D eigenvalue weighted by molar-refractivity contribution is -0.134. The Balaban J connectivity index is 2.26. The van der Waals surface area contributed by atoms with E-state index in [4.69, 9.17) is 9.47 Å². The lowest BCUT2D eigenvalue weighted by atomic mass is 9.93. The number of ether oxygens (including phenoxy) is 2. The normalized spacial score (nSPS) is 20.0. The minimum atomic E-state index is -0.0896. The Morgan fingerprint density at radius 3 is 2.06 bits per heavy atom. The molecule has 0 aromatic rings. The van der Waals surface area contributed by atoms with Gasteiger partial charge in [0.25, 0.3) is 0 Å². The molecule has 0 radical (unpaired) electrons. The highest BCUT2D eigenvalue weighted by molar-refractivity contribution is 4.75. The van der Waals surface area contributed by atoms with Gasteiger partial charge in [0.1, 0.15) is 0 Å². The second kappa shape index (κ2) is 9.76. The van der Waals surface area contributed by atoms with Gasteiger partial charge >= 0.3 is 0 Å². The summed E-state index contributed by atoms with van der Waals surface area (Å²) in [4.78, 5) is 0. The topological polar surface area (TPSA) is 30.5 Å². The van der Waals surface area contributed by atoms with Crippen LogP contribution in [-0.4, -0.2) is 32.1 Å². The van der Waals surface area contributed by atoms with Crippen molar-refractivity contribution in [3.05, 3.63) is 0 Å². The molecule has 3 heteroatoms. The SMILES string of the molecule is CCOC(CN[C@H](C)C1CCCCCC1)OCC. The van der Waals surface area contributed by atoms with E-state index < -0.39 is 0 Å². The van der Waals surface area contributed by atoms with E-state index in [0.29, 0.717) is 19.3 Å². The lowest BCUT2D eigenvalue weighted by Gasteiger charge is -2.26. The van der Waals surface area contributed by atoms with E-state index >= 15 is 0 Å². The second-order valence-corrected chi connectivity index (χ2v) is 5.29. The zero-order valence-electron chi connectivity index (χ0n) is 12.4. The molecule has 0 spiro atoms. The zero-order valence-corrected chi connectivity index (χ0v) is 12.4. The van der Waals surface area contributed by atoms with Crippen LogP contribution in [0.1, 0.15) is 59.3 Å². The van der Waals surface area contributed by atoms with Crippen LogP contribution in [0, 0.1) is 5.92 Å². The molecule has 108 valence electrons. The molecule has 1 N–H and O–H groups in total. The van der Waals surface area contributed by atoms with E-state index in [2.05, 4.69) is 12.2 Å². The Morgan fingerprint density at radius 1 is 1.00 bits per heavy atom. The van der Waals surface area contributed by atoms with Crippen molar-refractivity contribution in [3.63, 3.8) is 0 Å². The molecular weight excluding hydrogens is 226 g/mol. The summed E-state index contributed by atoms with van der Waals surface area (Å²) in [7, 11) is 0. The van der Waals surface area contributed by atoms with Gasteiger partial charge in [-0.25, -0.2) is 0 Å². The molecule has 0 aromatic carbocycles. The molecule has 0 aromatic heterocycles. The van der Waals surface area contributed by atoms with Crippen LogP contribution in [0.25, 0.3) is 0 Å². The molecule has 0 unspecified atom stereocenters. The third-order valence-electron chi connectivity index (χ3n) is 3.92. The molecular formula is C15H31NO2. The van der Waals surface area contributed by atoms with Crippen LogP contribution in [0.15, 0.2) is 0 Å². The largest absolute Gasteiger partial charge is 0.352 e. The highest BCUT2D eigenvalue weighted by atomic mass is 16.7. The first-order chi connectivity index (χ1) is 8.77. The summed E-state index contributed by atoms with van der Waals surface area (Å²) < 4.78 is 11.1. The van der Waals surface area contributed by atoms with Crippen molar-refractivity contribution >= 4 is 0 Å². The number of hydrogen-bond acceptors (Lipinski definition) is 3. The third-order valence-corrected chi connectivity index (χ3v) is 3.92. The minimum absolute atomic E-state index is 0.0896. The first-order valence-electron chi connectivity index (χ1n) is 7.74. The summed E-state index contributed by atoms with van der Waals surface area (Å²) in [5, 5.41) is 3.60. The molecule has 1 aliphatic carbocycles. The predicted molar refractivity (Wildman–Crippen MR) is 75.7 cm³/mol. The van der Waals surface area contributed by atoms with Crippen LogP contribution in [-0.2, 0) is 9.47 Å². The highest BCUT2D eigenvalue weighted by Gasteiger charge is 2.19. The highest BCUT2D eigenvalue weighted by Crippen LogP contribution is 2.25. The van der Waals surface area contributed by atoms with Crippen molar-refractivity contribution in [2.24, 2.45) is 5.92 Å². The van der Waals surface area contributed by atoms with Gasteiger partial charge in [-0.15, -0.1) is 0 Å². The van der Waals surface area contributed by atoms with Crippen LogP contribution in [0.3, 0.4) is 0 Å². The molecule has 0 saturated heterocycles.